The molecule has 0 unspecified atom stereocenters. The average Bonchev–Trinajstić information content (AvgIpc) is 3.12. The molecular weight excluding hydrogens is 371 g/mol. The Hall–Kier alpha value is -2.45. The Kier molecular flexibility index (Phi) is 5.09. The van der Waals surface area contributed by atoms with E-state index in [4.69, 9.17) is 16.3 Å². The molecule has 1 aliphatic rings. The van der Waals surface area contributed by atoms with Gasteiger partial charge in [-0.25, -0.2) is 19.3 Å². The quantitative estimate of drug-likeness (QED) is 0.667. The smallest absolute Gasteiger partial charge is 0.165 e. The monoisotopic (exact) mass is 390 g/mol. The average molecular weight is 391 g/mol. The van der Waals surface area contributed by atoms with E-state index in [1.807, 2.05) is 4.57 Å². The highest BCUT2D eigenvalue weighted by Crippen LogP contribution is 2.26. The number of piperazine rings is 1. The van der Waals surface area contributed by atoms with Crippen molar-refractivity contribution < 1.29 is 9.13 Å². The van der Waals surface area contributed by atoms with E-state index >= 15 is 0 Å². The number of ether oxygens (including phenoxy) is 1. The summed E-state index contributed by atoms with van der Waals surface area (Å²) >= 11 is 5.91. The normalized spacial score (nSPS) is 14.9. The first-order valence-corrected chi connectivity index (χ1v) is 9.15. The number of anilines is 2. The summed E-state index contributed by atoms with van der Waals surface area (Å²) in [7, 11) is 1.67. The Morgan fingerprint density at radius 2 is 1.89 bits per heavy atom. The van der Waals surface area contributed by atoms with Gasteiger partial charge in [-0.15, -0.1) is 0 Å². The lowest BCUT2D eigenvalue weighted by Crippen LogP contribution is -2.47. The second kappa shape index (κ2) is 7.66. The Labute approximate surface area is 161 Å². The molecule has 0 saturated carbocycles. The van der Waals surface area contributed by atoms with Crippen molar-refractivity contribution in [1.82, 2.24) is 19.5 Å². The van der Waals surface area contributed by atoms with E-state index in [-0.39, 0.29) is 5.02 Å². The predicted octanol–water partition coefficient (Wildman–Crippen LogP) is 2.59. The molecule has 0 atom stereocenters. The van der Waals surface area contributed by atoms with Gasteiger partial charge >= 0.3 is 0 Å². The molecule has 0 amide bonds. The zero-order chi connectivity index (χ0) is 18.8. The SMILES string of the molecule is COCCn1cnc2c(N3CCN(c4ccc(F)c(Cl)c4)CC3)ncnc21. The molecule has 0 aliphatic carbocycles. The summed E-state index contributed by atoms with van der Waals surface area (Å²) in [6.45, 7) is 4.44. The van der Waals surface area contributed by atoms with Gasteiger partial charge in [0.2, 0.25) is 0 Å². The zero-order valence-corrected chi connectivity index (χ0v) is 15.7. The van der Waals surface area contributed by atoms with Crippen molar-refractivity contribution in [3.8, 4) is 0 Å². The third-order valence-corrected chi connectivity index (χ3v) is 5.06. The van der Waals surface area contributed by atoms with Crippen LogP contribution in [0.1, 0.15) is 0 Å². The molecule has 2 aromatic heterocycles. The van der Waals surface area contributed by atoms with Gasteiger partial charge in [-0.1, -0.05) is 11.6 Å². The number of nitrogens with zero attached hydrogens (tertiary/aromatic N) is 6. The second-order valence-corrected chi connectivity index (χ2v) is 6.78. The Balaban J connectivity index is 1.51. The molecule has 1 saturated heterocycles. The van der Waals surface area contributed by atoms with Crippen LogP contribution in [0, 0.1) is 5.82 Å². The molecule has 7 nitrogen and oxygen atoms in total. The van der Waals surface area contributed by atoms with Crippen molar-refractivity contribution in [2.24, 2.45) is 0 Å². The molecule has 1 fully saturated rings. The van der Waals surface area contributed by atoms with Gasteiger partial charge in [0.25, 0.3) is 0 Å². The minimum atomic E-state index is -0.397. The number of methoxy groups -OCH3 is 1. The van der Waals surface area contributed by atoms with Crippen molar-refractivity contribution in [3.05, 3.63) is 41.7 Å². The van der Waals surface area contributed by atoms with Crippen LogP contribution < -0.4 is 9.80 Å². The summed E-state index contributed by atoms with van der Waals surface area (Å²) in [5.41, 5.74) is 2.54. The highest BCUT2D eigenvalue weighted by molar-refractivity contribution is 6.31. The van der Waals surface area contributed by atoms with Gasteiger partial charge in [0, 0.05) is 45.5 Å². The molecule has 3 aromatic rings. The van der Waals surface area contributed by atoms with Gasteiger partial charge in [0.1, 0.15) is 12.1 Å². The van der Waals surface area contributed by atoms with E-state index in [1.54, 1.807) is 31.9 Å². The molecule has 142 valence electrons. The van der Waals surface area contributed by atoms with E-state index in [1.165, 1.54) is 6.07 Å². The molecule has 0 bridgehead atoms. The van der Waals surface area contributed by atoms with E-state index in [0.29, 0.717) is 13.2 Å². The molecule has 0 radical (unpaired) electrons. The molecule has 1 aliphatic heterocycles. The van der Waals surface area contributed by atoms with Gasteiger partial charge in [-0.3, -0.25) is 0 Å². The first-order chi connectivity index (χ1) is 13.2. The largest absolute Gasteiger partial charge is 0.383 e. The Morgan fingerprint density at radius 1 is 1.11 bits per heavy atom. The highest BCUT2D eigenvalue weighted by atomic mass is 35.5. The number of halogens is 2. The van der Waals surface area contributed by atoms with Crippen LogP contribution in [0.15, 0.2) is 30.9 Å². The van der Waals surface area contributed by atoms with Gasteiger partial charge in [-0.05, 0) is 18.2 Å². The maximum absolute atomic E-state index is 13.4. The van der Waals surface area contributed by atoms with Crippen LogP contribution in [0.25, 0.3) is 11.2 Å². The summed E-state index contributed by atoms with van der Waals surface area (Å²) in [6.07, 6.45) is 3.35. The molecular formula is C18H20ClFN6O. The van der Waals surface area contributed by atoms with Crippen LogP contribution in [0.2, 0.25) is 5.02 Å². The first-order valence-electron chi connectivity index (χ1n) is 8.77. The number of hydrogen-bond acceptors (Lipinski definition) is 6. The Morgan fingerprint density at radius 3 is 2.63 bits per heavy atom. The fourth-order valence-electron chi connectivity index (χ4n) is 3.31. The Bertz CT molecular complexity index is 941. The third-order valence-electron chi connectivity index (χ3n) is 4.77. The fourth-order valence-corrected chi connectivity index (χ4v) is 3.49. The van der Waals surface area contributed by atoms with Crippen molar-refractivity contribution in [1.29, 1.82) is 0 Å². The molecule has 0 N–H and O–H groups in total. The third kappa shape index (κ3) is 3.54. The summed E-state index contributed by atoms with van der Waals surface area (Å²) in [4.78, 5) is 17.8. The topological polar surface area (TPSA) is 59.3 Å². The van der Waals surface area contributed by atoms with Crippen molar-refractivity contribution in [3.63, 3.8) is 0 Å². The number of imidazole rings is 1. The lowest BCUT2D eigenvalue weighted by atomic mass is 10.2. The van der Waals surface area contributed by atoms with Crippen LogP contribution in [-0.4, -0.2) is 59.4 Å². The minimum absolute atomic E-state index is 0.147. The van der Waals surface area contributed by atoms with Gasteiger partial charge < -0.3 is 19.1 Å². The van der Waals surface area contributed by atoms with Crippen molar-refractivity contribution in [2.75, 3.05) is 49.7 Å². The number of rotatable bonds is 5. The number of hydrogen-bond donors (Lipinski definition) is 0. The molecule has 1 aromatic carbocycles. The van der Waals surface area contributed by atoms with Crippen LogP contribution in [0.4, 0.5) is 15.9 Å². The van der Waals surface area contributed by atoms with E-state index < -0.39 is 5.82 Å². The summed E-state index contributed by atoms with van der Waals surface area (Å²) in [6, 6.07) is 4.84. The molecule has 4 rings (SSSR count). The second-order valence-electron chi connectivity index (χ2n) is 6.37. The molecule has 3 heterocycles. The van der Waals surface area contributed by atoms with Gasteiger partial charge in [0.15, 0.2) is 17.0 Å². The van der Waals surface area contributed by atoms with Crippen LogP contribution >= 0.6 is 11.6 Å². The van der Waals surface area contributed by atoms with Crippen LogP contribution in [-0.2, 0) is 11.3 Å². The van der Waals surface area contributed by atoms with Crippen molar-refractivity contribution in [2.45, 2.75) is 6.54 Å². The molecule has 0 spiro atoms. The number of fused-ring (bicyclic) bond motifs is 1. The molecule has 27 heavy (non-hydrogen) atoms. The lowest BCUT2D eigenvalue weighted by molar-refractivity contribution is 0.188. The van der Waals surface area contributed by atoms with E-state index in [9.17, 15) is 4.39 Å². The van der Waals surface area contributed by atoms with Crippen molar-refractivity contribution >= 4 is 34.3 Å². The van der Waals surface area contributed by atoms with E-state index in [0.717, 1.165) is 48.8 Å². The fraction of sp³-hybridized carbons (Fsp3) is 0.389. The standard InChI is InChI=1S/C18H20ClFN6O/c1-27-9-8-26-12-23-16-17(21-11-22-18(16)26)25-6-4-24(5-7-25)13-2-3-15(20)14(19)10-13/h2-3,10-12H,4-9H2,1H3. The van der Waals surface area contributed by atoms with Gasteiger partial charge in [-0.2, -0.15) is 0 Å². The van der Waals surface area contributed by atoms with Crippen LogP contribution in [0.5, 0.6) is 0 Å². The van der Waals surface area contributed by atoms with Gasteiger partial charge in [0.05, 0.1) is 18.0 Å². The summed E-state index contributed by atoms with van der Waals surface area (Å²) in [5.74, 6) is 0.444. The zero-order valence-electron chi connectivity index (χ0n) is 15.0. The lowest BCUT2D eigenvalue weighted by Gasteiger charge is -2.36. The molecule has 9 heteroatoms. The minimum Gasteiger partial charge on any atom is -0.383 e. The first kappa shape index (κ1) is 17.9. The maximum Gasteiger partial charge on any atom is 0.165 e. The predicted molar refractivity (Wildman–Crippen MR) is 103 cm³/mol. The highest BCUT2D eigenvalue weighted by Gasteiger charge is 2.22. The van der Waals surface area contributed by atoms with Crippen LogP contribution in [0.3, 0.4) is 0 Å². The maximum atomic E-state index is 13.4. The number of benzene rings is 1. The summed E-state index contributed by atoms with van der Waals surface area (Å²) < 4.78 is 20.5. The van der Waals surface area contributed by atoms with E-state index in [2.05, 4.69) is 24.8 Å². The summed E-state index contributed by atoms with van der Waals surface area (Å²) in [5, 5.41) is 0.147. The number of aromatic nitrogens is 4.